The lowest BCUT2D eigenvalue weighted by molar-refractivity contribution is -0.143. The molecule has 2 amide bonds. The summed E-state index contributed by atoms with van der Waals surface area (Å²) in [6, 6.07) is 7.04. The molecule has 0 unspecified atom stereocenters. The van der Waals surface area contributed by atoms with Gasteiger partial charge in [-0.1, -0.05) is 17.7 Å². The van der Waals surface area contributed by atoms with Crippen LogP contribution in [0.25, 0.3) is 0 Å². The van der Waals surface area contributed by atoms with Crippen molar-refractivity contribution in [1.29, 1.82) is 0 Å². The smallest absolute Gasteiger partial charge is 0.308 e. The van der Waals surface area contributed by atoms with E-state index in [1.54, 1.807) is 29.2 Å². The van der Waals surface area contributed by atoms with E-state index in [4.69, 9.17) is 5.11 Å². The van der Waals surface area contributed by atoms with Crippen LogP contribution in [0.5, 0.6) is 0 Å². The highest BCUT2D eigenvalue weighted by Crippen LogP contribution is 2.19. The normalized spacial score (nSPS) is 16.9. The zero-order chi connectivity index (χ0) is 18.4. The zero-order valence-corrected chi connectivity index (χ0v) is 14.6. The number of allylic oxidation sites excluding steroid dienone is 1. The molecule has 1 atom stereocenters. The Morgan fingerprint density at radius 2 is 1.92 bits per heavy atom. The van der Waals surface area contributed by atoms with Crippen molar-refractivity contribution in [3.05, 3.63) is 47.0 Å². The molecule has 1 aliphatic rings. The van der Waals surface area contributed by atoms with E-state index >= 15 is 0 Å². The van der Waals surface area contributed by atoms with Gasteiger partial charge in [0.1, 0.15) is 0 Å². The minimum Gasteiger partial charge on any atom is -0.481 e. The molecule has 0 bridgehead atoms. The van der Waals surface area contributed by atoms with Gasteiger partial charge in [0.05, 0.1) is 5.92 Å². The van der Waals surface area contributed by atoms with Crippen LogP contribution in [0, 0.1) is 5.92 Å². The second-order valence-corrected chi connectivity index (χ2v) is 6.56. The topological polar surface area (TPSA) is 86.7 Å². The Labute approximate surface area is 147 Å². The molecule has 1 aliphatic heterocycles. The summed E-state index contributed by atoms with van der Waals surface area (Å²) in [6.45, 7) is 4.95. The molecule has 0 aliphatic carbocycles. The molecule has 0 aromatic heterocycles. The first kappa shape index (κ1) is 18.7. The minimum atomic E-state index is -0.847. The summed E-state index contributed by atoms with van der Waals surface area (Å²) in [5, 5.41) is 11.9. The van der Waals surface area contributed by atoms with Gasteiger partial charge in [0.15, 0.2) is 0 Å². The summed E-state index contributed by atoms with van der Waals surface area (Å²) in [6.07, 6.45) is 2.85. The van der Waals surface area contributed by atoms with Gasteiger partial charge in [0.25, 0.3) is 5.91 Å². The molecule has 1 aromatic carbocycles. The number of hydrogen-bond acceptors (Lipinski definition) is 3. The number of carbonyl (C=O) groups is 3. The Morgan fingerprint density at radius 1 is 1.24 bits per heavy atom. The average molecular weight is 344 g/mol. The quantitative estimate of drug-likeness (QED) is 0.802. The maximum absolute atomic E-state index is 12.5. The molecule has 134 valence electrons. The van der Waals surface area contributed by atoms with E-state index in [1.165, 1.54) is 6.08 Å². The molecule has 1 aromatic rings. The van der Waals surface area contributed by atoms with Gasteiger partial charge in [-0.3, -0.25) is 14.4 Å². The molecule has 1 fully saturated rings. The molecule has 6 heteroatoms. The van der Waals surface area contributed by atoms with Gasteiger partial charge in [0, 0.05) is 31.3 Å². The van der Waals surface area contributed by atoms with Crippen molar-refractivity contribution in [2.45, 2.75) is 33.2 Å². The fraction of sp³-hybridized carbons (Fsp3) is 0.421. The van der Waals surface area contributed by atoms with Gasteiger partial charge < -0.3 is 15.3 Å². The van der Waals surface area contributed by atoms with Gasteiger partial charge in [-0.25, -0.2) is 0 Å². The van der Waals surface area contributed by atoms with Crippen LogP contribution in [0.1, 0.15) is 42.6 Å². The van der Waals surface area contributed by atoms with Crippen LogP contribution < -0.4 is 5.32 Å². The first-order valence-electron chi connectivity index (χ1n) is 8.40. The van der Waals surface area contributed by atoms with Crippen LogP contribution in [0.2, 0.25) is 0 Å². The predicted octanol–water partition coefficient (Wildman–Crippen LogP) is 2.21. The monoisotopic (exact) mass is 344 g/mol. The maximum Gasteiger partial charge on any atom is 0.308 e. The number of benzene rings is 1. The first-order valence-corrected chi connectivity index (χ1v) is 8.40. The van der Waals surface area contributed by atoms with Gasteiger partial charge in [0.2, 0.25) is 5.91 Å². The summed E-state index contributed by atoms with van der Waals surface area (Å²) in [4.78, 5) is 36.8. The number of hydrogen-bond donors (Lipinski definition) is 2. The largest absolute Gasteiger partial charge is 0.481 e. The van der Waals surface area contributed by atoms with Crippen LogP contribution in [0.4, 0.5) is 0 Å². The first-order chi connectivity index (χ1) is 11.9. The number of carboxylic acids is 1. The van der Waals surface area contributed by atoms with E-state index in [-0.39, 0.29) is 18.4 Å². The van der Waals surface area contributed by atoms with Crippen LogP contribution in [-0.4, -0.2) is 40.9 Å². The summed E-state index contributed by atoms with van der Waals surface area (Å²) in [7, 11) is 0. The second-order valence-electron chi connectivity index (χ2n) is 6.56. The number of aliphatic carboxylic acids is 1. The molecule has 1 heterocycles. The molecule has 0 radical (unpaired) electrons. The molecule has 6 nitrogen and oxygen atoms in total. The molecule has 0 saturated carbocycles. The maximum atomic E-state index is 12.5. The molecule has 0 spiro atoms. The highest BCUT2D eigenvalue weighted by atomic mass is 16.4. The Morgan fingerprint density at radius 3 is 2.52 bits per heavy atom. The van der Waals surface area contributed by atoms with Crippen molar-refractivity contribution < 1.29 is 19.5 Å². The van der Waals surface area contributed by atoms with E-state index in [0.29, 0.717) is 31.5 Å². The van der Waals surface area contributed by atoms with Crippen molar-refractivity contribution in [2.75, 3.05) is 13.1 Å². The lowest BCUT2D eigenvalue weighted by atomic mass is 9.97. The van der Waals surface area contributed by atoms with Crippen LogP contribution in [0.3, 0.4) is 0 Å². The highest BCUT2D eigenvalue weighted by molar-refractivity contribution is 5.94. The van der Waals surface area contributed by atoms with E-state index in [9.17, 15) is 14.4 Å². The molecule has 25 heavy (non-hydrogen) atoms. The number of rotatable bonds is 5. The number of carboxylic acid groups (broad SMARTS) is 1. The fourth-order valence-corrected chi connectivity index (χ4v) is 2.81. The second kappa shape index (κ2) is 8.46. The molecule has 1 saturated heterocycles. The number of nitrogens with zero attached hydrogens (tertiary/aromatic N) is 1. The number of likely N-dealkylation sites (tertiary alicyclic amines) is 1. The summed E-state index contributed by atoms with van der Waals surface area (Å²) in [5.41, 5.74) is 2.36. The summed E-state index contributed by atoms with van der Waals surface area (Å²) in [5.74, 6) is -1.62. The van der Waals surface area contributed by atoms with Crippen LogP contribution in [-0.2, 0) is 16.1 Å². The van der Waals surface area contributed by atoms with E-state index in [1.807, 2.05) is 13.8 Å². The van der Waals surface area contributed by atoms with Gasteiger partial charge >= 0.3 is 5.97 Å². The van der Waals surface area contributed by atoms with E-state index in [2.05, 4.69) is 5.32 Å². The standard InChI is InChI=1S/C19H24N2O4/c1-13(2)10-17(22)20-11-14-5-7-15(8-6-14)18(23)21-9-3-4-16(12-21)19(24)25/h5-8,10,16H,3-4,9,11-12H2,1-2H3,(H,20,22)(H,24,25)/t16-/m0/s1. The molecule has 2 N–H and O–H groups in total. The molecular formula is C19H24N2O4. The lowest BCUT2D eigenvalue weighted by Gasteiger charge is -2.30. The van der Waals surface area contributed by atoms with Gasteiger partial charge in [-0.15, -0.1) is 0 Å². The Kier molecular flexibility index (Phi) is 6.33. The van der Waals surface area contributed by atoms with Crippen LogP contribution in [0.15, 0.2) is 35.9 Å². The lowest BCUT2D eigenvalue weighted by Crippen LogP contribution is -2.42. The van der Waals surface area contributed by atoms with Crippen molar-refractivity contribution in [2.24, 2.45) is 5.92 Å². The summed E-state index contributed by atoms with van der Waals surface area (Å²) < 4.78 is 0. The van der Waals surface area contributed by atoms with Gasteiger partial charge in [-0.05, 0) is 44.4 Å². The molecule has 2 rings (SSSR count). The Bertz CT molecular complexity index is 675. The average Bonchev–Trinajstić information content (AvgIpc) is 2.59. The number of carbonyl (C=O) groups excluding carboxylic acids is 2. The van der Waals surface area contributed by atoms with Crippen molar-refractivity contribution >= 4 is 17.8 Å². The zero-order valence-electron chi connectivity index (χ0n) is 14.6. The van der Waals surface area contributed by atoms with E-state index in [0.717, 1.165) is 11.1 Å². The van der Waals surface area contributed by atoms with Crippen molar-refractivity contribution in [3.63, 3.8) is 0 Å². The highest BCUT2D eigenvalue weighted by Gasteiger charge is 2.28. The predicted molar refractivity (Wildman–Crippen MR) is 94.0 cm³/mol. The third-order valence-electron chi connectivity index (χ3n) is 4.15. The van der Waals surface area contributed by atoms with Crippen molar-refractivity contribution in [1.82, 2.24) is 10.2 Å². The Balaban J connectivity index is 1.95. The minimum absolute atomic E-state index is 0.145. The number of piperidine rings is 1. The molecular weight excluding hydrogens is 320 g/mol. The summed E-state index contributed by atoms with van der Waals surface area (Å²) >= 11 is 0. The fourth-order valence-electron chi connectivity index (χ4n) is 2.81. The SMILES string of the molecule is CC(C)=CC(=O)NCc1ccc(C(=O)N2CCC[C@H](C(=O)O)C2)cc1. The Hall–Kier alpha value is -2.63. The van der Waals surface area contributed by atoms with E-state index < -0.39 is 11.9 Å². The number of nitrogens with one attached hydrogen (secondary N) is 1. The van der Waals surface area contributed by atoms with Gasteiger partial charge in [-0.2, -0.15) is 0 Å². The third-order valence-corrected chi connectivity index (χ3v) is 4.15. The van der Waals surface area contributed by atoms with Crippen molar-refractivity contribution in [3.8, 4) is 0 Å². The number of amides is 2. The van der Waals surface area contributed by atoms with Crippen LogP contribution >= 0.6 is 0 Å². The third kappa shape index (κ3) is 5.45.